The molecule has 0 amide bonds. The molecule has 0 aromatic heterocycles. The van der Waals surface area contributed by atoms with Crippen molar-refractivity contribution < 1.29 is 25.0 Å². The average molecular weight is 327 g/mol. The molecule has 0 aromatic carbocycles. The van der Waals surface area contributed by atoms with Gasteiger partial charge in [-0.05, 0) is 0 Å². The van der Waals surface area contributed by atoms with Gasteiger partial charge in [0.1, 0.15) is 0 Å². The van der Waals surface area contributed by atoms with Crippen LogP contribution < -0.4 is 0 Å². The molecule has 0 aliphatic carbocycles. The van der Waals surface area contributed by atoms with Crippen molar-refractivity contribution in [3.8, 4) is 0 Å². The molecule has 0 unspecified atom stereocenters. The number of rotatable bonds is 0. The summed E-state index contributed by atoms with van der Waals surface area (Å²) in [5.41, 5.74) is 0. The van der Waals surface area contributed by atoms with Crippen molar-refractivity contribution in [2.24, 2.45) is 0 Å². The Kier molecular flexibility index (Phi) is 17.3. The molecule has 4 nitrogen and oxygen atoms in total. The summed E-state index contributed by atoms with van der Waals surface area (Å²) in [7, 11) is -4.64. The largest absolute Gasteiger partial charge is 2.00 e. The van der Waals surface area contributed by atoms with Crippen molar-refractivity contribution in [1.29, 1.82) is 0 Å². The van der Waals surface area contributed by atoms with Crippen LogP contribution in [0.25, 0.3) is 0 Å². The minimum atomic E-state index is -4.64. The molecule has 0 bridgehead atoms. The molecular weight excluding hydrogens is 320 g/mol. The Labute approximate surface area is 124 Å². The Morgan fingerprint density at radius 1 is 1.29 bits per heavy atom. The number of hydrogen-bond acceptors (Lipinski definition) is 1. The van der Waals surface area contributed by atoms with E-state index < -0.39 is 7.82 Å². The van der Waals surface area contributed by atoms with Crippen LogP contribution in [0, 0.1) is 0 Å². The molecule has 3 N–H and O–H groups in total. The molecule has 7 heteroatoms. The van der Waals surface area contributed by atoms with Gasteiger partial charge in [0.2, 0.25) is 0 Å². The van der Waals surface area contributed by atoms with Crippen LogP contribution in [0.2, 0.25) is 0 Å². The summed E-state index contributed by atoms with van der Waals surface area (Å²) >= 11 is 0. The van der Waals surface area contributed by atoms with Crippen LogP contribution in [-0.4, -0.2) is 109 Å². The quantitative estimate of drug-likeness (QED) is 0.384. The molecule has 0 aliphatic rings. The Morgan fingerprint density at radius 2 is 1.29 bits per heavy atom. The fourth-order valence-corrected chi connectivity index (χ4v) is 0. The van der Waals surface area contributed by atoms with E-state index in [1.54, 1.807) is 0 Å². The van der Waals surface area contributed by atoms with E-state index in [2.05, 4.69) is 0 Å². The van der Waals surface area contributed by atoms with Gasteiger partial charge < -0.3 is 20.4 Å². The van der Waals surface area contributed by atoms with E-state index in [1.807, 2.05) is 0 Å². The monoisotopic (exact) mass is 328 g/mol. The fourth-order valence-electron chi connectivity index (χ4n) is 0. The second kappa shape index (κ2) is 7.27. The zero-order chi connectivity index (χ0) is 4.50. The molecule has 0 rings (SSSR count). The molecule has 0 aliphatic heterocycles. The van der Waals surface area contributed by atoms with Crippen LogP contribution in [0.3, 0.4) is 0 Å². The van der Waals surface area contributed by atoms with Gasteiger partial charge in [0.05, 0.1) is 0 Å². The van der Waals surface area contributed by atoms with Crippen molar-refractivity contribution in [2.45, 2.75) is 0 Å². The van der Waals surface area contributed by atoms with Gasteiger partial charge >= 0.3 is 102 Å². The van der Waals surface area contributed by atoms with Crippen LogP contribution in [-0.2, 0) is 4.57 Å². The third-order valence-corrected chi connectivity index (χ3v) is 0. The summed E-state index contributed by atoms with van der Waals surface area (Å²) in [6.07, 6.45) is 0. The Hall–Kier alpha value is 3.16. The average Bonchev–Trinajstić information content (AvgIpc) is 0.722. The molecule has 0 heterocycles. The molecule has 0 saturated carbocycles. The molecule has 40 valence electrons. The molecular formula is H7BaO4PSr. The predicted molar refractivity (Wildman–Crippen MR) is 30.2 cm³/mol. The van der Waals surface area contributed by atoms with E-state index in [9.17, 15) is 0 Å². The van der Waals surface area contributed by atoms with E-state index in [0.717, 1.165) is 0 Å². The Bertz CT molecular complexity index is 68.2. The van der Waals surface area contributed by atoms with Crippen LogP contribution in [0.4, 0.5) is 0 Å². The zero-order valence-electron chi connectivity index (χ0n) is 7.61. The van der Waals surface area contributed by atoms with Crippen molar-refractivity contribution in [1.82, 2.24) is 0 Å². The van der Waals surface area contributed by atoms with Gasteiger partial charge in [-0.2, -0.15) is 0 Å². The topological polar surface area (TPSA) is 77.8 Å². The van der Waals surface area contributed by atoms with Crippen LogP contribution >= 0.6 is 7.82 Å². The maximum atomic E-state index is 8.88. The Balaban J connectivity index is -0.00000000533. The maximum Gasteiger partial charge on any atom is 2.00 e. The first-order valence-corrected chi connectivity index (χ1v) is 2.35. The van der Waals surface area contributed by atoms with Crippen molar-refractivity contribution in [3.05, 3.63) is 0 Å². The number of hydrogen-bond donors (Lipinski definition) is 3. The third kappa shape index (κ3) is 47.0. The summed E-state index contributed by atoms with van der Waals surface area (Å²) in [5, 5.41) is 0. The van der Waals surface area contributed by atoms with Gasteiger partial charge in [0.15, 0.2) is 0 Å². The van der Waals surface area contributed by atoms with Gasteiger partial charge in [-0.15, -0.1) is 0 Å². The fraction of sp³-hybridized carbons (Fsp3) is 0. The Morgan fingerprint density at radius 3 is 1.29 bits per heavy atom. The third-order valence-electron chi connectivity index (χ3n) is 0. The first-order valence-electron chi connectivity index (χ1n) is 0.783. The van der Waals surface area contributed by atoms with E-state index in [0.29, 0.717) is 0 Å². The summed E-state index contributed by atoms with van der Waals surface area (Å²) in [6.45, 7) is 0. The van der Waals surface area contributed by atoms with Crippen molar-refractivity contribution >= 4 is 102 Å². The van der Waals surface area contributed by atoms with E-state index in [4.69, 9.17) is 19.2 Å². The molecule has 0 saturated heterocycles. The van der Waals surface area contributed by atoms with Gasteiger partial charge in [-0.3, -0.25) is 0 Å². The molecule has 0 aromatic rings. The predicted octanol–water partition coefficient (Wildman–Crippen LogP) is -1.24. The van der Waals surface area contributed by atoms with Gasteiger partial charge in [-0.25, -0.2) is 4.57 Å². The van der Waals surface area contributed by atoms with Gasteiger partial charge in [0.25, 0.3) is 0 Å². The minimum absolute atomic E-state index is 0. The summed E-state index contributed by atoms with van der Waals surface area (Å²) in [5.74, 6) is 0. The first-order chi connectivity index (χ1) is 2.00. The maximum absolute atomic E-state index is 8.88. The zero-order valence-corrected chi connectivity index (χ0v) is 12.4. The second-order valence-electron chi connectivity index (χ2n) is 0.513. The number of phosphoric acid groups is 1. The van der Waals surface area contributed by atoms with E-state index in [-0.39, 0.29) is 100 Å². The SMILES string of the molecule is O=P(O)(O)O.[Ba+2].[H-].[H-].[H-].[H-].[Sr+2]. The minimum Gasteiger partial charge on any atom is -1.00 e. The molecule has 0 spiro atoms. The summed E-state index contributed by atoms with van der Waals surface area (Å²) < 4.78 is 8.88. The van der Waals surface area contributed by atoms with Crippen LogP contribution in [0.15, 0.2) is 0 Å². The standard InChI is InChI=1S/Ba.H3O4P.Sr.4H/c;1-5(2,3)4;;;;;/h;(H3,1,2,3,4);;;;;/q+2;;+2;4*-1. The summed E-state index contributed by atoms with van der Waals surface area (Å²) in [4.78, 5) is 21.6. The smallest absolute Gasteiger partial charge is 1.00 e. The first kappa shape index (κ1) is 16.6. The molecule has 0 atom stereocenters. The van der Waals surface area contributed by atoms with Crippen molar-refractivity contribution in [2.75, 3.05) is 0 Å². The summed E-state index contributed by atoms with van der Waals surface area (Å²) in [6, 6.07) is 0. The van der Waals surface area contributed by atoms with Crippen molar-refractivity contribution in [3.63, 3.8) is 0 Å². The van der Waals surface area contributed by atoms with Crippen LogP contribution in [0.1, 0.15) is 5.71 Å². The van der Waals surface area contributed by atoms with Gasteiger partial charge in [0, 0.05) is 0 Å². The van der Waals surface area contributed by atoms with E-state index in [1.165, 1.54) is 0 Å². The molecule has 7 heavy (non-hydrogen) atoms. The molecule has 0 radical (unpaired) electrons. The molecule has 0 fully saturated rings. The second-order valence-corrected chi connectivity index (χ2v) is 1.54. The van der Waals surface area contributed by atoms with Crippen LogP contribution in [0.5, 0.6) is 0 Å². The van der Waals surface area contributed by atoms with E-state index >= 15 is 0 Å². The normalized spacial score (nSPS) is 8.43. The van der Waals surface area contributed by atoms with Gasteiger partial charge in [-0.1, -0.05) is 0 Å².